The van der Waals surface area contributed by atoms with Crippen molar-refractivity contribution in [1.82, 2.24) is 5.43 Å². The summed E-state index contributed by atoms with van der Waals surface area (Å²) >= 11 is 12.2. The van der Waals surface area contributed by atoms with E-state index in [0.717, 1.165) is 5.56 Å². The maximum atomic E-state index is 12.3. The third-order valence-corrected chi connectivity index (χ3v) is 5.04. The first-order valence-corrected chi connectivity index (χ1v) is 10.6. The van der Waals surface area contributed by atoms with Gasteiger partial charge in [-0.2, -0.15) is 5.10 Å². The number of benzene rings is 3. The fourth-order valence-electron chi connectivity index (χ4n) is 2.82. The monoisotopic (exact) mass is 485 g/mol. The Balaban J connectivity index is 1.63. The van der Waals surface area contributed by atoms with E-state index in [9.17, 15) is 9.59 Å². The van der Waals surface area contributed by atoms with Gasteiger partial charge in [0.25, 0.3) is 11.8 Å². The smallest absolute Gasteiger partial charge is 0.271 e. The molecule has 9 heteroatoms. The number of carbonyl (C=O) groups excluding carboxylic acids is 2. The van der Waals surface area contributed by atoms with Crippen LogP contribution in [0.1, 0.15) is 21.5 Å². The molecule has 0 spiro atoms. The molecular formula is C24H21Cl2N3O4. The largest absolute Gasteiger partial charge is 0.493 e. The van der Waals surface area contributed by atoms with Gasteiger partial charge in [0.15, 0.2) is 18.1 Å². The lowest BCUT2D eigenvalue weighted by molar-refractivity contribution is -0.118. The number of halogens is 2. The second-order valence-corrected chi connectivity index (χ2v) is 7.74. The minimum Gasteiger partial charge on any atom is -0.493 e. The molecule has 0 fully saturated rings. The van der Waals surface area contributed by atoms with Crippen LogP contribution in [0.25, 0.3) is 0 Å². The molecule has 2 N–H and O–H groups in total. The molecule has 0 saturated carbocycles. The first-order chi connectivity index (χ1) is 15.9. The Bertz CT molecular complexity index is 1180. The number of hydrogen-bond donors (Lipinski definition) is 2. The molecule has 0 aromatic heterocycles. The number of anilines is 1. The van der Waals surface area contributed by atoms with E-state index in [2.05, 4.69) is 15.8 Å². The highest BCUT2D eigenvalue weighted by atomic mass is 35.5. The second kappa shape index (κ2) is 11.4. The summed E-state index contributed by atoms with van der Waals surface area (Å²) < 4.78 is 10.9. The summed E-state index contributed by atoms with van der Waals surface area (Å²) in [6.07, 6.45) is 1.41. The summed E-state index contributed by atoms with van der Waals surface area (Å²) in [5.74, 6) is -0.184. The lowest BCUT2D eigenvalue weighted by Crippen LogP contribution is -2.21. The third kappa shape index (κ3) is 6.71. The van der Waals surface area contributed by atoms with Gasteiger partial charge in [-0.1, -0.05) is 41.4 Å². The molecule has 7 nitrogen and oxygen atoms in total. The maximum absolute atomic E-state index is 12.3. The zero-order chi connectivity index (χ0) is 23.8. The Labute approximate surface area is 201 Å². The van der Waals surface area contributed by atoms with Gasteiger partial charge in [0.05, 0.1) is 18.3 Å². The summed E-state index contributed by atoms with van der Waals surface area (Å²) in [7, 11) is 1.45. The van der Waals surface area contributed by atoms with Crippen LogP contribution < -0.4 is 20.2 Å². The van der Waals surface area contributed by atoms with E-state index in [1.54, 1.807) is 42.5 Å². The van der Waals surface area contributed by atoms with Crippen LogP contribution in [-0.4, -0.2) is 31.7 Å². The van der Waals surface area contributed by atoms with E-state index >= 15 is 0 Å². The molecule has 3 rings (SSSR count). The Morgan fingerprint density at radius 1 is 1.06 bits per heavy atom. The Morgan fingerprint density at radius 3 is 2.48 bits per heavy atom. The number of amides is 2. The molecule has 0 aliphatic rings. The Hall–Kier alpha value is -3.55. The SMILES string of the molecule is COc1cc(/C=N/NC(=O)c2ccc(Cl)cc2)cc(Cl)c1OCC(=O)Nc1ccccc1C. The zero-order valence-electron chi connectivity index (χ0n) is 17.9. The number of hydrazone groups is 1. The van der Waals surface area contributed by atoms with Crippen LogP contribution in [0.4, 0.5) is 5.69 Å². The van der Waals surface area contributed by atoms with Gasteiger partial charge >= 0.3 is 0 Å². The number of rotatable bonds is 8. The molecule has 170 valence electrons. The molecule has 0 aliphatic carbocycles. The van der Waals surface area contributed by atoms with Crippen molar-refractivity contribution in [1.29, 1.82) is 0 Å². The van der Waals surface area contributed by atoms with Crippen LogP contribution in [0, 0.1) is 6.92 Å². The number of para-hydroxylation sites is 1. The molecular weight excluding hydrogens is 465 g/mol. The van der Waals surface area contributed by atoms with E-state index < -0.39 is 0 Å². The van der Waals surface area contributed by atoms with E-state index in [1.165, 1.54) is 13.3 Å². The van der Waals surface area contributed by atoms with E-state index in [4.69, 9.17) is 32.7 Å². The van der Waals surface area contributed by atoms with Crippen LogP contribution >= 0.6 is 23.2 Å². The molecule has 33 heavy (non-hydrogen) atoms. The summed E-state index contributed by atoms with van der Waals surface area (Å²) in [5, 5.41) is 7.49. The van der Waals surface area contributed by atoms with Crippen molar-refractivity contribution in [3.05, 3.63) is 87.4 Å². The van der Waals surface area contributed by atoms with Gasteiger partial charge in [-0.05, 0) is 60.5 Å². The first kappa shape index (κ1) is 24.1. The standard InChI is InChI=1S/C24H21Cl2N3O4/c1-15-5-3-4-6-20(15)28-22(30)14-33-23-19(26)11-16(12-21(23)32-2)13-27-29-24(31)17-7-9-18(25)10-8-17/h3-13H,14H2,1-2H3,(H,28,30)(H,29,31)/b27-13+. The van der Waals surface area contributed by atoms with Gasteiger partial charge < -0.3 is 14.8 Å². The van der Waals surface area contributed by atoms with Crippen LogP contribution in [-0.2, 0) is 4.79 Å². The molecule has 0 bridgehead atoms. The highest BCUT2D eigenvalue weighted by Crippen LogP contribution is 2.36. The van der Waals surface area contributed by atoms with Gasteiger partial charge in [-0.25, -0.2) is 5.43 Å². The molecule has 3 aromatic rings. The summed E-state index contributed by atoms with van der Waals surface area (Å²) in [5.41, 5.74) is 5.05. The number of aryl methyl sites for hydroxylation is 1. The van der Waals surface area contributed by atoms with Crippen LogP contribution in [0.15, 0.2) is 65.8 Å². The molecule has 0 radical (unpaired) electrons. The number of carbonyl (C=O) groups is 2. The highest BCUT2D eigenvalue weighted by molar-refractivity contribution is 6.32. The van der Waals surface area contributed by atoms with Gasteiger partial charge in [-0.3, -0.25) is 9.59 Å². The normalized spacial score (nSPS) is 10.7. The average Bonchev–Trinajstić information content (AvgIpc) is 2.80. The van der Waals surface area contributed by atoms with E-state index in [-0.39, 0.29) is 29.2 Å². The van der Waals surface area contributed by atoms with Gasteiger partial charge in [0.2, 0.25) is 0 Å². The highest BCUT2D eigenvalue weighted by Gasteiger charge is 2.14. The first-order valence-electron chi connectivity index (χ1n) is 9.82. The molecule has 3 aromatic carbocycles. The van der Waals surface area contributed by atoms with Crippen molar-refractivity contribution in [2.75, 3.05) is 19.0 Å². The lowest BCUT2D eigenvalue weighted by Gasteiger charge is -2.14. The maximum Gasteiger partial charge on any atom is 0.271 e. The van der Waals surface area contributed by atoms with E-state index in [0.29, 0.717) is 27.6 Å². The summed E-state index contributed by atoms with van der Waals surface area (Å²) in [6, 6.07) is 17.0. The topological polar surface area (TPSA) is 89.0 Å². The fraction of sp³-hybridized carbons (Fsp3) is 0.125. The number of methoxy groups -OCH3 is 1. The summed E-state index contributed by atoms with van der Waals surface area (Å²) in [4.78, 5) is 24.4. The van der Waals surface area contributed by atoms with Gasteiger partial charge in [0.1, 0.15) is 0 Å². The lowest BCUT2D eigenvalue weighted by atomic mass is 10.2. The van der Waals surface area contributed by atoms with Crippen molar-refractivity contribution >= 4 is 46.9 Å². The van der Waals surface area contributed by atoms with Gasteiger partial charge in [0, 0.05) is 16.3 Å². The fourth-order valence-corrected chi connectivity index (χ4v) is 3.22. The number of ether oxygens (including phenoxy) is 2. The predicted octanol–water partition coefficient (Wildman–Crippen LogP) is 5.09. The third-order valence-electron chi connectivity index (χ3n) is 4.50. The Kier molecular flexibility index (Phi) is 8.29. The van der Waals surface area contributed by atoms with E-state index in [1.807, 2.05) is 25.1 Å². The van der Waals surface area contributed by atoms with Crippen LogP contribution in [0.2, 0.25) is 10.0 Å². The van der Waals surface area contributed by atoms with Crippen molar-refractivity contribution < 1.29 is 19.1 Å². The molecule has 2 amide bonds. The zero-order valence-corrected chi connectivity index (χ0v) is 19.4. The second-order valence-electron chi connectivity index (χ2n) is 6.89. The number of hydrogen-bond acceptors (Lipinski definition) is 5. The minimum atomic E-state index is -0.388. The van der Waals surface area contributed by atoms with Crippen LogP contribution in [0.5, 0.6) is 11.5 Å². The average molecular weight is 486 g/mol. The molecule has 0 heterocycles. The Morgan fingerprint density at radius 2 is 1.79 bits per heavy atom. The van der Waals surface area contributed by atoms with Gasteiger partial charge in [-0.15, -0.1) is 0 Å². The minimum absolute atomic E-state index is 0.224. The van der Waals surface area contributed by atoms with Crippen molar-refractivity contribution in [2.24, 2.45) is 5.10 Å². The van der Waals surface area contributed by atoms with Crippen molar-refractivity contribution in [3.8, 4) is 11.5 Å². The molecule has 0 saturated heterocycles. The predicted molar refractivity (Wildman–Crippen MR) is 130 cm³/mol. The van der Waals surface area contributed by atoms with Crippen molar-refractivity contribution in [3.63, 3.8) is 0 Å². The number of nitrogens with one attached hydrogen (secondary N) is 2. The molecule has 0 atom stereocenters. The molecule has 0 unspecified atom stereocenters. The number of nitrogens with zero attached hydrogens (tertiary/aromatic N) is 1. The quantitative estimate of drug-likeness (QED) is 0.343. The van der Waals surface area contributed by atoms with Crippen LogP contribution in [0.3, 0.4) is 0 Å². The summed E-state index contributed by atoms with van der Waals surface area (Å²) in [6.45, 7) is 1.64. The molecule has 0 aliphatic heterocycles. The van der Waals surface area contributed by atoms with Crippen molar-refractivity contribution in [2.45, 2.75) is 6.92 Å².